The maximum atomic E-state index is 11.8. The highest BCUT2D eigenvalue weighted by Gasteiger charge is 2.50. The number of methoxy groups -OCH3 is 1. The first-order chi connectivity index (χ1) is 18.0. The van der Waals surface area contributed by atoms with E-state index in [1.807, 2.05) is 0 Å². The zero-order valence-corrected chi connectivity index (χ0v) is 24.5. The molecule has 2 fully saturated rings. The highest BCUT2D eigenvalue weighted by Crippen LogP contribution is 2.28. The van der Waals surface area contributed by atoms with Gasteiger partial charge in [-0.1, -0.05) is 0 Å². The van der Waals surface area contributed by atoms with E-state index in [1.165, 1.54) is 14.0 Å². The van der Waals surface area contributed by atoms with Crippen LogP contribution in [-0.4, -0.2) is 125 Å². The molecule has 0 bridgehead atoms. The minimum Gasteiger partial charge on any atom is -0.467 e. The summed E-state index contributed by atoms with van der Waals surface area (Å²) in [7, 11) is 1.22. The number of carbonyl (C=O) groups is 2. The molecule has 0 aromatic rings. The van der Waals surface area contributed by atoms with E-state index in [4.69, 9.17) is 28.4 Å². The van der Waals surface area contributed by atoms with Gasteiger partial charge in [0.15, 0.2) is 24.5 Å². The van der Waals surface area contributed by atoms with Crippen LogP contribution in [0.25, 0.3) is 0 Å². The van der Waals surface area contributed by atoms with Crippen LogP contribution in [0, 0.1) is 0 Å². The van der Waals surface area contributed by atoms with Crippen LogP contribution in [0.1, 0.15) is 62.3 Å². The molecule has 0 aliphatic carbocycles. The molecule has 2 heterocycles. The van der Waals surface area contributed by atoms with Gasteiger partial charge in [0.2, 0.25) is 0 Å². The fraction of sp³-hybridized carbons (Fsp3) is 0.923. The molecule has 13 nitrogen and oxygen atoms in total. The SMILES string of the molecule is CC(=O)C1O[C@H](OC(C)C)C(O)[C@@H](O)[C@H]1OC(C)C.COC(=O)C1O[C@H](OC(C)C)C(O)[C@@H](O)[C@H]1OC(C)C. The highest BCUT2D eigenvalue weighted by molar-refractivity contribution is 5.81. The van der Waals surface area contributed by atoms with Gasteiger partial charge in [0, 0.05) is 0 Å². The lowest BCUT2D eigenvalue weighted by Gasteiger charge is -2.42. The molecular weight excluding hydrogens is 520 g/mol. The molecule has 39 heavy (non-hydrogen) atoms. The van der Waals surface area contributed by atoms with Crippen molar-refractivity contribution in [1.29, 1.82) is 0 Å². The Morgan fingerprint density at radius 2 is 0.923 bits per heavy atom. The number of esters is 1. The normalized spacial score (nSPS) is 35.2. The molecule has 4 N–H and O–H groups in total. The van der Waals surface area contributed by atoms with Gasteiger partial charge in [0.1, 0.15) is 42.7 Å². The molecule has 0 aromatic carbocycles. The predicted octanol–water partition coefficient (Wildman–Crippen LogP) is 0.0654. The average Bonchev–Trinajstić information content (AvgIpc) is 2.82. The van der Waals surface area contributed by atoms with E-state index in [-0.39, 0.29) is 30.2 Å². The number of ketones is 1. The summed E-state index contributed by atoms with van der Waals surface area (Å²) in [5, 5.41) is 40.2. The largest absolute Gasteiger partial charge is 0.467 e. The highest BCUT2D eigenvalue weighted by atomic mass is 16.7. The summed E-state index contributed by atoms with van der Waals surface area (Å²) in [6.07, 6.45) is -12.1. The first-order valence-electron chi connectivity index (χ1n) is 13.2. The third-order valence-electron chi connectivity index (χ3n) is 5.59. The molecule has 0 aromatic heterocycles. The van der Waals surface area contributed by atoms with Crippen molar-refractivity contribution in [2.45, 2.75) is 148 Å². The van der Waals surface area contributed by atoms with Crippen LogP contribution in [0.4, 0.5) is 0 Å². The van der Waals surface area contributed by atoms with Crippen LogP contribution in [0.2, 0.25) is 0 Å². The number of ether oxygens (including phenoxy) is 7. The van der Waals surface area contributed by atoms with Gasteiger partial charge in [0.05, 0.1) is 31.5 Å². The van der Waals surface area contributed by atoms with Crippen LogP contribution in [-0.2, 0) is 42.7 Å². The van der Waals surface area contributed by atoms with E-state index in [1.54, 1.807) is 55.4 Å². The van der Waals surface area contributed by atoms with Gasteiger partial charge in [0.25, 0.3) is 0 Å². The van der Waals surface area contributed by atoms with E-state index in [0.29, 0.717) is 0 Å². The van der Waals surface area contributed by atoms with E-state index >= 15 is 0 Å². The minimum atomic E-state index is -1.31. The van der Waals surface area contributed by atoms with Crippen molar-refractivity contribution in [2.24, 2.45) is 0 Å². The Hall–Kier alpha value is -1.26. The second-order valence-corrected chi connectivity index (χ2v) is 10.6. The van der Waals surface area contributed by atoms with Crippen LogP contribution in [0.3, 0.4) is 0 Å². The molecule has 0 spiro atoms. The third-order valence-corrected chi connectivity index (χ3v) is 5.59. The molecular formula is C26H48O13. The molecule has 10 atom stereocenters. The Morgan fingerprint density at radius 1 is 0.590 bits per heavy atom. The number of hydrogen-bond acceptors (Lipinski definition) is 13. The molecule has 2 aliphatic heterocycles. The van der Waals surface area contributed by atoms with Gasteiger partial charge in [-0.25, -0.2) is 4.79 Å². The van der Waals surface area contributed by atoms with Crippen molar-refractivity contribution in [3.63, 3.8) is 0 Å². The van der Waals surface area contributed by atoms with Crippen molar-refractivity contribution in [3.8, 4) is 0 Å². The summed E-state index contributed by atoms with van der Waals surface area (Å²) < 4.78 is 37.2. The molecule has 2 rings (SSSR count). The van der Waals surface area contributed by atoms with Gasteiger partial charge in [-0.15, -0.1) is 0 Å². The fourth-order valence-electron chi connectivity index (χ4n) is 4.00. The zero-order chi connectivity index (χ0) is 30.2. The number of aliphatic hydroxyl groups excluding tert-OH is 4. The van der Waals surface area contributed by atoms with Gasteiger partial charge in [-0.3, -0.25) is 4.79 Å². The fourth-order valence-corrected chi connectivity index (χ4v) is 4.00. The first-order valence-corrected chi connectivity index (χ1v) is 13.2. The second-order valence-electron chi connectivity index (χ2n) is 10.6. The van der Waals surface area contributed by atoms with E-state index in [2.05, 4.69) is 4.74 Å². The summed E-state index contributed by atoms with van der Waals surface area (Å²) >= 11 is 0. The van der Waals surface area contributed by atoms with Crippen LogP contribution in [0.15, 0.2) is 0 Å². The molecule has 13 heteroatoms. The summed E-state index contributed by atoms with van der Waals surface area (Å²) in [6.45, 7) is 15.5. The van der Waals surface area contributed by atoms with E-state index in [9.17, 15) is 30.0 Å². The topological polar surface area (TPSA) is 180 Å². The van der Waals surface area contributed by atoms with Crippen molar-refractivity contribution in [1.82, 2.24) is 0 Å². The molecule has 0 amide bonds. The Balaban J connectivity index is 0.000000391. The van der Waals surface area contributed by atoms with Crippen molar-refractivity contribution in [2.75, 3.05) is 7.11 Å². The summed E-state index contributed by atoms with van der Waals surface area (Å²) in [6, 6.07) is 0. The van der Waals surface area contributed by atoms with Crippen LogP contribution < -0.4 is 0 Å². The van der Waals surface area contributed by atoms with Gasteiger partial charge in [-0.2, -0.15) is 0 Å². The van der Waals surface area contributed by atoms with Gasteiger partial charge in [-0.05, 0) is 62.3 Å². The molecule has 230 valence electrons. The summed E-state index contributed by atoms with van der Waals surface area (Å²) in [5.74, 6) is -0.951. The number of Topliss-reactive ketones (excluding diaryl/α,β-unsaturated/α-hetero) is 1. The van der Waals surface area contributed by atoms with Crippen LogP contribution >= 0.6 is 0 Å². The predicted molar refractivity (Wildman–Crippen MR) is 137 cm³/mol. The molecule has 2 saturated heterocycles. The third kappa shape index (κ3) is 10.6. The van der Waals surface area contributed by atoms with Crippen molar-refractivity contribution < 1.29 is 63.2 Å². The summed E-state index contributed by atoms with van der Waals surface area (Å²) in [5.41, 5.74) is 0. The lowest BCUT2D eigenvalue weighted by Crippen LogP contribution is -2.62. The lowest BCUT2D eigenvalue weighted by molar-refractivity contribution is -0.310. The average molecular weight is 569 g/mol. The van der Waals surface area contributed by atoms with Gasteiger partial charge >= 0.3 is 5.97 Å². The molecule has 0 saturated carbocycles. The number of carbonyl (C=O) groups excluding carboxylic acids is 2. The maximum absolute atomic E-state index is 11.8. The quantitative estimate of drug-likeness (QED) is 0.260. The Bertz CT molecular complexity index is 743. The lowest BCUT2D eigenvalue weighted by atomic mass is 9.96. The number of aliphatic hydroxyl groups is 4. The Morgan fingerprint density at radius 3 is 1.23 bits per heavy atom. The number of hydrogen-bond donors (Lipinski definition) is 4. The Kier molecular flexibility index (Phi) is 14.9. The van der Waals surface area contributed by atoms with E-state index < -0.39 is 67.4 Å². The standard InChI is InChI=1S/C13H24O7.C13H24O6/c1-6(2)18-10-8(14)9(15)13(19-7(3)4)20-11(10)12(16)17-5;1-6(2)17-12-9(15)10(16)13(18-7(3)4)19-11(12)8(5)14/h6-11,13-15H,1-5H3;6-7,9-13,15-16H,1-5H3/t8-,9?,10-,11?,13+;9-,10?,11?,12-,13+/m11/s1. The van der Waals surface area contributed by atoms with Crippen molar-refractivity contribution in [3.05, 3.63) is 0 Å². The van der Waals surface area contributed by atoms with Crippen molar-refractivity contribution >= 4 is 11.8 Å². The number of rotatable bonds is 10. The minimum absolute atomic E-state index is 0.193. The smallest absolute Gasteiger partial charge is 0.337 e. The first kappa shape index (κ1) is 35.8. The second kappa shape index (κ2) is 16.2. The molecule has 4 unspecified atom stereocenters. The maximum Gasteiger partial charge on any atom is 0.337 e. The zero-order valence-electron chi connectivity index (χ0n) is 24.5. The van der Waals surface area contributed by atoms with Crippen LogP contribution in [0.5, 0.6) is 0 Å². The van der Waals surface area contributed by atoms with E-state index in [0.717, 1.165) is 0 Å². The molecule has 0 radical (unpaired) electrons. The monoisotopic (exact) mass is 568 g/mol. The van der Waals surface area contributed by atoms with Gasteiger partial charge < -0.3 is 53.6 Å². The molecule has 2 aliphatic rings. The Labute approximate surface area is 230 Å². The summed E-state index contributed by atoms with van der Waals surface area (Å²) in [4.78, 5) is 23.4.